The van der Waals surface area contributed by atoms with Crippen LogP contribution in [0.4, 0.5) is 4.39 Å². The molecule has 0 fully saturated rings. The summed E-state index contributed by atoms with van der Waals surface area (Å²) in [4.78, 5) is 0. The van der Waals surface area contributed by atoms with Gasteiger partial charge in [-0.15, -0.1) is 0 Å². The molecule has 2 aliphatic heterocycles. The van der Waals surface area contributed by atoms with Crippen LogP contribution in [-0.2, 0) is 0 Å². The van der Waals surface area contributed by atoms with Crippen molar-refractivity contribution in [3.8, 4) is 5.75 Å². The minimum atomic E-state index is -0.415. The third-order valence-corrected chi connectivity index (χ3v) is 5.53. The van der Waals surface area contributed by atoms with Gasteiger partial charge in [-0.3, -0.25) is 0 Å². The summed E-state index contributed by atoms with van der Waals surface area (Å²) in [5.74, 6) is 0.522. The normalized spacial score (nSPS) is 20.2. The van der Waals surface area contributed by atoms with E-state index in [1.165, 1.54) is 17.7 Å². The lowest BCUT2D eigenvalue weighted by atomic mass is 9.95. The molecule has 0 saturated heterocycles. The van der Waals surface area contributed by atoms with Gasteiger partial charge in [0.1, 0.15) is 11.6 Å². The second kappa shape index (κ2) is 6.64. The molecular weight excluding hydrogens is 375 g/mol. The Morgan fingerprint density at radius 3 is 2.54 bits per heavy atom. The van der Waals surface area contributed by atoms with E-state index < -0.39 is 6.23 Å². The number of halogens is 2. The Hall–Kier alpha value is -2.85. The molecule has 140 valence electrons. The van der Waals surface area contributed by atoms with Crippen LogP contribution in [0.25, 0.3) is 0 Å². The quantitative estimate of drug-likeness (QED) is 0.532. The van der Waals surface area contributed by atoms with Crippen LogP contribution in [0.2, 0.25) is 5.02 Å². The molecule has 0 spiro atoms. The number of ether oxygens (including phenoxy) is 1. The van der Waals surface area contributed by atoms with E-state index in [0.29, 0.717) is 5.02 Å². The van der Waals surface area contributed by atoms with Gasteiger partial charge in [-0.25, -0.2) is 9.40 Å². The molecular formula is C23H18ClFN2O. The fourth-order valence-corrected chi connectivity index (χ4v) is 4.01. The standard InChI is InChI=1S/C23H18ClFN2O/c1-14-2-4-15(5-3-14)20-13-21-19-12-17(24)8-11-22(19)28-23(27(21)26-20)16-6-9-18(25)10-7-16/h2-12,21,23H,13H2,1H3/t21-,23+/m1/s1. The number of rotatable bonds is 2. The molecule has 5 heteroatoms. The van der Waals surface area contributed by atoms with Crippen molar-refractivity contribution in [3.05, 3.63) is 99.8 Å². The van der Waals surface area contributed by atoms with Crippen LogP contribution < -0.4 is 4.74 Å². The number of aryl methyl sites for hydroxylation is 1. The van der Waals surface area contributed by atoms with Gasteiger partial charge in [0, 0.05) is 22.6 Å². The lowest BCUT2D eigenvalue weighted by Crippen LogP contribution is -2.33. The number of hydrazone groups is 1. The molecule has 0 N–H and O–H groups in total. The van der Waals surface area contributed by atoms with Gasteiger partial charge < -0.3 is 4.74 Å². The minimum absolute atomic E-state index is 0.0220. The first-order valence-electron chi connectivity index (χ1n) is 9.23. The van der Waals surface area contributed by atoms with Gasteiger partial charge in [0.2, 0.25) is 6.23 Å². The summed E-state index contributed by atoms with van der Waals surface area (Å²) in [5, 5.41) is 7.55. The average molecular weight is 393 g/mol. The van der Waals surface area contributed by atoms with Crippen LogP contribution in [0.1, 0.15) is 40.9 Å². The second-order valence-electron chi connectivity index (χ2n) is 7.22. The van der Waals surface area contributed by atoms with Crippen molar-refractivity contribution in [2.45, 2.75) is 25.6 Å². The summed E-state index contributed by atoms with van der Waals surface area (Å²) in [5.41, 5.74) is 5.21. The Kier molecular flexibility index (Phi) is 4.09. The largest absolute Gasteiger partial charge is 0.464 e. The summed E-state index contributed by atoms with van der Waals surface area (Å²) in [6.45, 7) is 2.07. The summed E-state index contributed by atoms with van der Waals surface area (Å²) in [6, 6.07) is 20.5. The molecule has 3 nitrogen and oxygen atoms in total. The van der Waals surface area contributed by atoms with Crippen molar-refractivity contribution in [1.29, 1.82) is 0 Å². The predicted octanol–water partition coefficient (Wildman–Crippen LogP) is 6.03. The summed E-state index contributed by atoms with van der Waals surface area (Å²) >= 11 is 6.26. The van der Waals surface area contributed by atoms with Crippen molar-refractivity contribution < 1.29 is 9.13 Å². The maximum atomic E-state index is 13.4. The highest BCUT2D eigenvalue weighted by Gasteiger charge is 2.41. The van der Waals surface area contributed by atoms with Gasteiger partial charge in [0.05, 0.1) is 11.8 Å². The first-order valence-corrected chi connectivity index (χ1v) is 9.61. The predicted molar refractivity (Wildman–Crippen MR) is 108 cm³/mol. The van der Waals surface area contributed by atoms with Crippen molar-refractivity contribution in [2.75, 3.05) is 0 Å². The number of benzene rings is 3. The van der Waals surface area contributed by atoms with E-state index in [9.17, 15) is 4.39 Å². The van der Waals surface area contributed by atoms with E-state index in [-0.39, 0.29) is 11.9 Å². The first kappa shape index (κ1) is 17.3. The lowest BCUT2D eigenvalue weighted by Gasteiger charge is -2.38. The van der Waals surface area contributed by atoms with Crippen LogP contribution in [0.15, 0.2) is 71.8 Å². The second-order valence-corrected chi connectivity index (χ2v) is 7.65. The maximum Gasteiger partial charge on any atom is 0.213 e. The first-order chi connectivity index (χ1) is 13.6. The fourth-order valence-electron chi connectivity index (χ4n) is 3.83. The Bertz CT molecular complexity index is 1060. The number of fused-ring (bicyclic) bond motifs is 3. The third kappa shape index (κ3) is 2.94. The van der Waals surface area contributed by atoms with Gasteiger partial charge in [0.25, 0.3) is 0 Å². The van der Waals surface area contributed by atoms with E-state index in [2.05, 4.69) is 31.2 Å². The van der Waals surface area contributed by atoms with Gasteiger partial charge in [-0.05, 0) is 42.8 Å². The Labute approximate surface area is 168 Å². The third-order valence-electron chi connectivity index (χ3n) is 5.29. The Balaban J connectivity index is 1.59. The summed E-state index contributed by atoms with van der Waals surface area (Å²) in [7, 11) is 0. The number of hydrogen-bond acceptors (Lipinski definition) is 3. The molecule has 5 rings (SSSR count). The van der Waals surface area contributed by atoms with Crippen LogP contribution in [0.5, 0.6) is 5.75 Å². The molecule has 3 aromatic rings. The van der Waals surface area contributed by atoms with E-state index in [0.717, 1.165) is 34.6 Å². The van der Waals surface area contributed by atoms with Crippen molar-refractivity contribution in [3.63, 3.8) is 0 Å². The van der Waals surface area contributed by atoms with Gasteiger partial charge in [-0.2, -0.15) is 5.10 Å². The zero-order chi connectivity index (χ0) is 19.3. The van der Waals surface area contributed by atoms with Crippen LogP contribution >= 0.6 is 11.6 Å². The number of hydrogen-bond donors (Lipinski definition) is 0. The monoisotopic (exact) mass is 392 g/mol. The van der Waals surface area contributed by atoms with Gasteiger partial charge in [-0.1, -0.05) is 53.6 Å². The minimum Gasteiger partial charge on any atom is -0.464 e. The maximum absolute atomic E-state index is 13.4. The molecule has 2 aliphatic rings. The smallest absolute Gasteiger partial charge is 0.213 e. The lowest BCUT2D eigenvalue weighted by molar-refractivity contribution is -0.0190. The van der Waals surface area contributed by atoms with Gasteiger partial charge >= 0.3 is 0 Å². The van der Waals surface area contributed by atoms with E-state index in [1.807, 2.05) is 23.2 Å². The zero-order valence-corrected chi connectivity index (χ0v) is 16.0. The summed E-state index contributed by atoms with van der Waals surface area (Å²) in [6.07, 6.45) is 0.347. The van der Waals surface area contributed by atoms with Crippen LogP contribution in [0.3, 0.4) is 0 Å². The Morgan fingerprint density at radius 2 is 1.79 bits per heavy atom. The molecule has 0 bridgehead atoms. The molecule has 0 radical (unpaired) electrons. The molecule has 0 aliphatic carbocycles. The molecule has 2 atom stereocenters. The van der Waals surface area contributed by atoms with Crippen molar-refractivity contribution >= 4 is 17.3 Å². The highest BCUT2D eigenvalue weighted by molar-refractivity contribution is 6.30. The highest BCUT2D eigenvalue weighted by Crippen LogP contribution is 2.48. The molecule has 3 aromatic carbocycles. The molecule has 0 aromatic heterocycles. The zero-order valence-electron chi connectivity index (χ0n) is 15.3. The SMILES string of the molecule is Cc1ccc(C2=NN3[C@H](C2)c2cc(Cl)ccc2O[C@H]3c2ccc(F)cc2)cc1. The van der Waals surface area contributed by atoms with E-state index in [1.54, 1.807) is 12.1 Å². The Morgan fingerprint density at radius 1 is 1.04 bits per heavy atom. The van der Waals surface area contributed by atoms with Crippen molar-refractivity contribution in [1.82, 2.24) is 5.01 Å². The van der Waals surface area contributed by atoms with E-state index >= 15 is 0 Å². The van der Waals surface area contributed by atoms with Crippen LogP contribution in [0, 0.1) is 12.7 Å². The molecule has 0 saturated carbocycles. The highest BCUT2D eigenvalue weighted by atomic mass is 35.5. The topological polar surface area (TPSA) is 24.8 Å². The average Bonchev–Trinajstić information content (AvgIpc) is 3.14. The fraction of sp³-hybridized carbons (Fsp3) is 0.174. The van der Waals surface area contributed by atoms with Gasteiger partial charge in [0.15, 0.2) is 0 Å². The van der Waals surface area contributed by atoms with Crippen LogP contribution in [-0.4, -0.2) is 10.7 Å². The summed E-state index contributed by atoms with van der Waals surface area (Å²) < 4.78 is 19.7. The molecule has 2 heterocycles. The molecule has 0 unspecified atom stereocenters. The van der Waals surface area contributed by atoms with E-state index in [4.69, 9.17) is 21.4 Å². The number of nitrogens with zero attached hydrogens (tertiary/aromatic N) is 2. The van der Waals surface area contributed by atoms with Crippen molar-refractivity contribution in [2.24, 2.45) is 5.10 Å². The molecule has 28 heavy (non-hydrogen) atoms. The molecule has 0 amide bonds.